The van der Waals surface area contributed by atoms with E-state index in [1.165, 1.54) is 30.5 Å². The van der Waals surface area contributed by atoms with Crippen molar-refractivity contribution in [1.29, 1.82) is 0 Å². The van der Waals surface area contributed by atoms with Crippen LogP contribution >= 0.6 is 0 Å². The molecule has 2 unspecified atom stereocenters. The molecule has 3 heteroatoms. The molecule has 0 bridgehead atoms. The zero-order chi connectivity index (χ0) is 12.3. The first kappa shape index (κ1) is 12.5. The summed E-state index contributed by atoms with van der Waals surface area (Å²) in [4.78, 5) is 2.45. The third kappa shape index (κ3) is 3.27. The maximum atomic E-state index is 12.8. The third-order valence-corrected chi connectivity index (χ3v) is 3.74. The molecule has 0 amide bonds. The maximum Gasteiger partial charge on any atom is 0.123 e. The SMILES string of the molecule is CC1CCC(CN)CN1Cc1ccc(F)cc1. The van der Waals surface area contributed by atoms with Gasteiger partial charge in [0.15, 0.2) is 0 Å². The zero-order valence-electron chi connectivity index (χ0n) is 10.4. The van der Waals surface area contributed by atoms with Crippen molar-refractivity contribution < 1.29 is 4.39 Å². The molecule has 1 aliphatic rings. The first-order valence-electron chi connectivity index (χ1n) is 6.37. The van der Waals surface area contributed by atoms with Crippen LogP contribution in [-0.2, 0) is 6.54 Å². The Hall–Kier alpha value is -0.930. The van der Waals surface area contributed by atoms with Crippen molar-refractivity contribution in [2.24, 2.45) is 11.7 Å². The fourth-order valence-corrected chi connectivity index (χ4v) is 2.50. The van der Waals surface area contributed by atoms with Gasteiger partial charge in [0.2, 0.25) is 0 Å². The molecule has 0 spiro atoms. The van der Waals surface area contributed by atoms with Crippen LogP contribution in [0.25, 0.3) is 0 Å². The molecule has 1 heterocycles. The highest BCUT2D eigenvalue weighted by atomic mass is 19.1. The standard InChI is InChI=1S/C14H21FN2/c1-11-2-3-13(8-16)10-17(11)9-12-4-6-14(15)7-5-12/h4-7,11,13H,2-3,8-10,16H2,1H3. The van der Waals surface area contributed by atoms with E-state index in [9.17, 15) is 4.39 Å². The predicted molar refractivity (Wildman–Crippen MR) is 68.1 cm³/mol. The molecular weight excluding hydrogens is 215 g/mol. The number of hydrogen-bond donors (Lipinski definition) is 1. The Kier molecular flexibility index (Phi) is 4.13. The highest BCUT2D eigenvalue weighted by Crippen LogP contribution is 2.23. The second-order valence-corrected chi connectivity index (χ2v) is 5.08. The van der Waals surface area contributed by atoms with Gasteiger partial charge in [0, 0.05) is 19.1 Å². The predicted octanol–water partition coefficient (Wildman–Crippen LogP) is 2.38. The molecule has 0 radical (unpaired) electrons. The summed E-state index contributed by atoms with van der Waals surface area (Å²) in [5.74, 6) is 0.451. The smallest absolute Gasteiger partial charge is 0.123 e. The molecule has 1 fully saturated rings. The van der Waals surface area contributed by atoms with Gasteiger partial charge >= 0.3 is 0 Å². The summed E-state index contributed by atoms with van der Waals surface area (Å²) >= 11 is 0. The molecule has 94 valence electrons. The van der Waals surface area contributed by atoms with Gasteiger partial charge in [0.1, 0.15) is 5.82 Å². The molecule has 0 aromatic heterocycles. The fourth-order valence-electron chi connectivity index (χ4n) is 2.50. The molecule has 2 nitrogen and oxygen atoms in total. The van der Waals surface area contributed by atoms with Gasteiger partial charge in [0.25, 0.3) is 0 Å². The lowest BCUT2D eigenvalue weighted by molar-refractivity contribution is 0.113. The molecule has 2 rings (SSSR count). The molecule has 1 aromatic carbocycles. The average molecular weight is 236 g/mol. The monoisotopic (exact) mass is 236 g/mol. The van der Waals surface area contributed by atoms with Crippen LogP contribution in [0.3, 0.4) is 0 Å². The van der Waals surface area contributed by atoms with Crippen LogP contribution < -0.4 is 5.73 Å². The van der Waals surface area contributed by atoms with Gasteiger partial charge < -0.3 is 5.73 Å². The zero-order valence-corrected chi connectivity index (χ0v) is 10.4. The van der Waals surface area contributed by atoms with E-state index in [2.05, 4.69) is 11.8 Å². The van der Waals surface area contributed by atoms with Crippen LogP contribution in [0.15, 0.2) is 24.3 Å². The number of piperidine rings is 1. The Morgan fingerprint density at radius 3 is 2.65 bits per heavy atom. The average Bonchev–Trinajstić information content (AvgIpc) is 2.35. The summed E-state index contributed by atoms with van der Waals surface area (Å²) in [6.07, 6.45) is 2.45. The van der Waals surface area contributed by atoms with Crippen molar-refractivity contribution in [3.05, 3.63) is 35.6 Å². The molecule has 1 saturated heterocycles. The third-order valence-electron chi connectivity index (χ3n) is 3.74. The van der Waals surface area contributed by atoms with Crippen molar-refractivity contribution in [3.63, 3.8) is 0 Å². The van der Waals surface area contributed by atoms with Crippen LogP contribution in [0.1, 0.15) is 25.3 Å². The van der Waals surface area contributed by atoms with E-state index in [1.54, 1.807) is 0 Å². The quantitative estimate of drug-likeness (QED) is 0.873. The van der Waals surface area contributed by atoms with Crippen LogP contribution in [0, 0.1) is 11.7 Å². The first-order valence-corrected chi connectivity index (χ1v) is 6.37. The number of likely N-dealkylation sites (tertiary alicyclic amines) is 1. The van der Waals surface area contributed by atoms with E-state index in [0.717, 1.165) is 19.6 Å². The van der Waals surface area contributed by atoms with Gasteiger partial charge in [-0.3, -0.25) is 4.90 Å². The molecule has 0 saturated carbocycles. The van der Waals surface area contributed by atoms with Gasteiger partial charge in [-0.15, -0.1) is 0 Å². The number of hydrogen-bond acceptors (Lipinski definition) is 2. The van der Waals surface area contributed by atoms with E-state index < -0.39 is 0 Å². The highest BCUT2D eigenvalue weighted by molar-refractivity contribution is 5.16. The second-order valence-electron chi connectivity index (χ2n) is 5.08. The fraction of sp³-hybridized carbons (Fsp3) is 0.571. The lowest BCUT2D eigenvalue weighted by Gasteiger charge is -2.37. The molecule has 2 N–H and O–H groups in total. The van der Waals surface area contributed by atoms with E-state index in [-0.39, 0.29) is 5.82 Å². The number of nitrogens with zero attached hydrogens (tertiary/aromatic N) is 1. The van der Waals surface area contributed by atoms with Gasteiger partial charge in [-0.2, -0.15) is 0 Å². The molecular formula is C14H21FN2. The summed E-state index contributed by atoms with van der Waals surface area (Å²) in [7, 11) is 0. The summed E-state index contributed by atoms with van der Waals surface area (Å²) in [5.41, 5.74) is 6.92. The minimum absolute atomic E-state index is 0.166. The Bertz CT molecular complexity index is 350. The lowest BCUT2D eigenvalue weighted by Crippen LogP contribution is -2.43. The lowest BCUT2D eigenvalue weighted by atomic mass is 9.93. The van der Waals surface area contributed by atoms with E-state index in [4.69, 9.17) is 5.73 Å². The van der Waals surface area contributed by atoms with Crippen molar-refractivity contribution in [3.8, 4) is 0 Å². The molecule has 1 aromatic rings. The van der Waals surface area contributed by atoms with Crippen LogP contribution in [-0.4, -0.2) is 24.0 Å². The summed E-state index contributed by atoms with van der Waals surface area (Å²) in [5, 5.41) is 0. The Labute approximate surface area is 103 Å². The largest absolute Gasteiger partial charge is 0.330 e. The van der Waals surface area contributed by atoms with Crippen molar-refractivity contribution in [2.75, 3.05) is 13.1 Å². The normalized spacial score (nSPS) is 26.1. The highest BCUT2D eigenvalue weighted by Gasteiger charge is 2.24. The van der Waals surface area contributed by atoms with E-state index >= 15 is 0 Å². The Morgan fingerprint density at radius 2 is 2.00 bits per heavy atom. The Morgan fingerprint density at radius 1 is 1.29 bits per heavy atom. The topological polar surface area (TPSA) is 29.3 Å². The summed E-state index contributed by atoms with van der Waals surface area (Å²) in [6, 6.07) is 7.40. The van der Waals surface area contributed by atoms with Gasteiger partial charge in [-0.25, -0.2) is 4.39 Å². The summed E-state index contributed by atoms with van der Waals surface area (Å²) in [6.45, 7) is 5.00. The maximum absolute atomic E-state index is 12.8. The van der Waals surface area contributed by atoms with Gasteiger partial charge in [0.05, 0.1) is 0 Å². The Balaban J connectivity index is 1.98. The van der Waals surface area contributed by atoms with Crippen LogP contribution in [0.4, 0.5) is 4.39 Å². The summed E-state index contributed by atoms with van der Waals surface area (Å²) < 4.78 is 12.8. The number of nitrogens with two attached hydrogens (primary N) is 1. The molecule has 1 aliphatic heterocycles. The van der Waals surface area contributed by atoms with Crippen molar-refractivity contribution in [2.45, 2.75) is 32.4 Å². The van der Waals surface area contributed by atoms with Crippen LogP contribution in [0.5, 0.6) is 0 Å². The minimum atomic E-state index is -0.166. The number of benzene rings is 1. The first-order chi connectivity index (χ1) is 8.19. The molecule has 2 atom stereocenters. The number of halogens is 1. The minimum Gasteiger partial charge on any atom is -0.330 e. The molecule has 17 heavy (non-hydrogen) atoms. The van der Waals surface area contributed by atoms with Gasteiger partial charge in [-0.05, 0) is 49.9 Å². The number of rotatable bonds is 3. The second kappa shape index (κ2) is 5.61. The van der Waals surface area contributed by atoms with Crippen LogP contribution in [0.2, 0.25) is 0 Å². The van der Waals surface area contributed by atoms with Crippen molar-refractivity contribution >= 4 is 0 Å². The molecule has 0 aliphatic carbocycles. The van der Waals surface area contributed by atoms with E-state index in [0.29, 0.717) is 12.0 Å². The van der Waals surface area contributed by atoms with Gasteiger partial charge in [-0.1, -0.05) is 12.1 Å². The van der Waals surface area contributed by atoms with Crippen molar-refractivity contribution in [1.82, 2.24) is 4.90 Å². The van der Waals surface area contributed by atoms with E-state index in [1.807, 2.05) is 12.1 Å².